The number of carbonyl (C=O) groups is 2. The van der Waals surface area contributed by atoms with E-state index >= 15 is 0 Å². The summed E-state index contributed by atoms with van der Waals surface area (Å²) in [6.07, 6.45) is 3.26. The Bertz CT molecular complexity index is 1330. The van der Waals surface area contributed by atoms with E-state index in [9.17, 15) is 9.59 Å². The minimum Gasteiger partial charge on any atom is -0.496 e. The average molecular weight is 548 g/mol. The van der Waals surface area contributed by atoms with Gasteiger partial charge in [-0.05, 0) is 48.8 Å². The van der Waals surface area contributed by atoms with E-state index in [1.807, 2.05) is 35.2 Å². The van der Waals surface area contributed by atoms with E-state index in [4.69, 9.17) is 14.2 Å². The number of likely N-dealkylation sites (tertiary alicyclic amines) is 1. The number of rotatable bonds is 6. The van der Waals surface area contributed by atoms with Crippen LogP contribution in [-0.2, 0) is 9.59 Å². The zero-order chi connectivity index (χ0) is 28.6. The molecular formula is C32H41N3O5. The smallest absolute Gasteiger partial charge is 0.242 e. The zero-order valence-electron chi connectivity index (χ0n) is 24.5. The first kappa shape index (κ1) is 27.9. The number of nitrogens with zero attached hydrogens (tertiary/aromatic N) is 2. The van der Waals surface area contributed by atoms with E-state index in [1.165, 1.54) is 0 Å². The van der Waals surface area contributed by atoms with Crippen LogP contribution in [0.3, 0.4) is 0 Å². The summed E-state index contributed by atoms with van der Waals surface area (Å²) in [7, 11) is 4.79. The van der Waals surface area contributed by atoms with Gasteiger partial charge in [0.15, 0.2) is 17.3 Å². The van der Waals surface area contributed by atoms with Crippen LogP contribution in [0.15, 0.2) is 47.7 Å². The lowest BCUT2D eigenvalue weighted by atomic mass is 9.73. The summed E-state index contributed by atoms with van der Waals surface area (Å²) in [5, 5.41) is 3.62. The Morgan fingerprint density at radius 2 is 1.73 bits per heavy atom. The molecule has 2 aliphatic heterocycles. The second-order valence-electron chi connectivity index (χ2n) is 12.0. The first-order valence-electron chi connectivity index (χ1n) is 14.1. The van der Waals surface area contributed by atoms with E-state index in [1.54, 1.807) is 27.4 Å². The maximum atomic E-state index is 14.1. The molecule has 214 valence electrons. The minimum atomic E-state index is -0.573. The van der Waals surface area contributed by atoms with Crippen LogP contribution in [0.2, 0.25) is 0 Å². The molecule has 2 aromatic rings. The van der Waals surface area contributed by atoms with Crippen LogP contribution in [0.25, 0.3) is 0 Å². The van der Waals surface area contributed by atoms with Crippen LogP contribution in [-0.4, -0.2) is 57.6 Å². The molecule has 5 rings (SSSR count). The van der Waals surface area contributed by atoms with Gasteiger partial charge in [-0.25, -0.2) is 0 Å². The van der Waals surface area contributed by atoms with Crippen molar-refractivity contribution in [3.05, 3.63) is 53.2 Å². The molecule has 1 fully saturated rings. The highest BCUT2D eigenvalue weighted by Crippen LogP contribution is 2.51. The number of hydrogen-bond donors (Lipinski definition) is 1. The molecular weight excluding hydrogens is 506 g/mol. The van der Waals surface area contributed by atoms with Gasteiger partial charge in [-0.2, -0.15) is 0 Å². The van der Waals surface area contributed by atoms with Gasteiger partial charge in [0, 0.05) is 42.4 Å². The van der Waals surface area contributed by atoms with Crippen molar-refractivity contribution in [1.29, 1.82) is 0 Å². The number of ether oxygens (including phenoxy) is 3. The number of anilines is 2. The molecule has 0 spiro atoms. The van der Waals surface area contributed by atoms with E-state index in [0.717, 1.165) is 48.6 Å². The van der Waals surface area contributed by atoms with E-state index in [-0.39, 0.29) is 23.7 Å². The number of nitrogens with one attached hydrogen (secondary N) is 1. The number of fused-ring (bicyclic) bond motifs is 1. The van der Waals surface area contributed by atoms with Gasteiger partial charge in [0.25, 0.3) is 0 Å². The Kier molecular flexibility index (Phi) is 7.71. The number of amides is 1. The Balaban J connectivity index is 1.73. The van der Waals surface area contributed by atoms with Crippen molar-refractivity contribution in [2.75, 3.05) is 51.2 Å². The van der Waals surface area contributed by atoms with Crippen molar-refractivity contribution in [3.63, 3.8) is 0 Å². The fourth-order valence-corrected chi connectivity index (χ4v) is 6.48. The Hall–Kier alpha value is -3.68. The highest BCUT2D eigenvalue weighted by atomic mass is 16.5. The van der Waals surface area contributed by atoms with Crippen molar-refractivity contribution in [1.82, 2.24) is 4.90 Å². The highest BCUT2D eigenvalue weighted by Gasteiger charge is 2.43. The molecule has 40 heavy (non-hydrogen) atoms. The van der Waals surface area contributed by atoms with E-state index < -0.39 is 6.04 Å². The number of carbonyl (C=O) groups excluding carboxylic acids is 2. The second kappa shape index (κ2) is 11.1. The quantitative estimate of drug-likeness (QED) is 0.505. The molecule has 2 heterocycles. The van der Waals surface area contributed by atoms with Gasteiger partial charge in [0.1, 0.15) is 5.75 Å². The normalized spacial score (nSPS) is 22.1. The lowest BCUT2D eigenvalue weighted by molar-refractivity contribution is -0.131. The third kappa shape index (κ3) is 5.23. The molecule has 0 aromatic heterocycles. The molecule has 2 aromatic carbocycles. The third-order valence-electron chi connectivity index (χ3n) is 8.35. The van der Waals surface area contributed by atoms with Crippen molar-refractivity contribution in [2.24, 2.45) is 11.3 Å². The van der Waals surface area contributed by atoms with Crippen molar-refractivity contribution in [2.45, 2.75) is 52.5 Å². The fraction of sp³-hybridized carbons (Fsp3) is 0.500. The Morgan fingerprint density at radius 3 is 2.42 bits per heavy atom. The molecule has 1 saturated heterocycles. The molecule has 8 nitrogen and oxygen atoms in total. The SMILES string of the molecule is COc1cc(OC)c(C2C3=C(CC(C)(C)CC3=O)Nc3ccccc3N2CC(=O)N2CCCC(C)C2)cc1OC. The maximum Gasteiger partial charge on any atom is 0.242 e. The van der Waals surface area contributed by atoms with Crippen molar-refractivity contribution >= 4 is 23.1 Å². The first-order chi connectivity index (χ1) is 19.2. The predicted molar refractivity (Wildman–Crippen MR) is 156 cm³/mol. The molecule has 1 N–H and O–H groups in total. The monoisotopic (exact) mass is 547 g/mol. The number of para-hydroxylation sites is 2. The topological polar surface area (TPSA) is 80.3 Å². The van der Waals surface area contributed by atoms with Gasteiger partial charge in [0.2, 0.25) is 5.91 Å². The van der Waals surface area contributed by atoms with Gasteiger partial charge >= 0.3 is 0 Å². The molecule has 1 aliphatic carbocycles. The van der Waals surface area contributed by atoms with Gasteiger partial charge in [-0.1, -0.05) is 32.9 Å². The summed E-state index contributed by atoms with van der Waals surface area (Å²) in [4.78, 5) is 32.0. The maximum absolute atomic E-state index is 14.1. The summed E-state index contributed by atoms with van der Waals surface area (Å²) in [5.74, 6) is 2.22. The number of allylic oxidation sites excluding steroid dienone is 1. The number of methoxy groups -OCH3 is 3. The number of hydrogen-bond acceptors (Lipinski definition) is 7. The van der Waals surface area contributed by atoms with Crippen LogP contribution in [0.1, 0.15) is 58.1 Å². The molecule has 2 atom stereocenters. The minimum absolute atomic E-state index is 0.0541. The zero-order valence-corrected chi connectivity index (χ0v) is 24.5. The highest BCUT2D eigenvalue weighted by molar-refractivity contribution is 6.02. The summed E-state index contributed by atoms with van der Waals surface area (Å²) in [6, 6.07) is 11.1. The first-order valence-corrected chi connectivity index (χ1v) is 14.1. The standard InChI is InChI=1S/C32H41N3O5/c1-20-10-9-13-34(18-20)29(37)19-35-24-12-8-7-11-22(24)33-23-16-32(2,3)17-25(36)30(23)31(35)21-14-27(39-5)28(40-6)15-26(21)38-4/h7-8,11-12,14-15,20,31,33H,9-10,13,16-19H2,1-6H3. The van der Waals surface area contributed by atoms with E-state index in [0.29, 0.717) is 41.6 Å². The number of piperidine rings is 1. The lowest BCUT2D eigenvalue weighted by Crippen LogP contribution is -2.46. The van der Waals surface area contributed by atoms with Crippen molar-refractivity contribution < 1.29 is 23.8 Å². The molecule has 8 heteroatoms. The van der Waals surface area contributed by atoms with Gasteiger partial charge in [-0.3, -0.25) is 9.59 Å². The summed E-state index contributed by atoms with van der Waals surface area (Å²) in [5.41, 5.74) is 3.85. The van der Waals surface area contributed by atoms with Crippen LogP contribution in [0, 0.1) is 11.3 Å². The fourth-order valence-electron chi connectivity index (χ4n) is 6.48. The summed E-state index contributed by atoms with van der Waals surface area (Å²) in [6.45, 7) is 8.07. The largest absolute Gasteiger partial charge is 0.496 e. The molecule has 1 amide bonds. The second-order valence-corrected chi connectivity index (χ2v) is 12.0. The number of Topliss-reactive ketones (excluding diaryl/α,β-unsaturated/α-hetero) is 1. The molecule has 0 bridgehead atoms. The van der Waals surface area contributed by atoms with Crippen LogP contribution in [0.5, 0.6) is 17.2 Å². The van der Waals surface area contributed by atoms with Crippen LogP contribution < -0.4 is 24.4 Å². The Morgan fingerprint density at radius 1 is 1.02 bits per heavy atom. The summed E-state index contributed by atoms with van der Waals surface area (Å²) >= 11 is 0. The number of ketones is 1. The summed E-state index contributed by atoms with van der Waals surface area (Å²) < 4.78 is 17.2. The third-order valence-corrected chi connectivity index (χ3v) is 8.35. The molecule has 0 saturated carbocycles. The average Bonchev–Trinajstić information content (AvgIpc) is 3.05. The predicted octanol–water partition coefficient (Wildman–Crippen LogP) is 5.59. The lowest BCUT2D eigenvalue weighted by Gasteiger charge is -2.39. The Labute approximate surface area is 237 Å². The molecule has 2 unspecified atom stereocenters. The van der Waals surface area contributed by atoms with Crippen molar-refractivity contribution in [3.8, 4) is 17.2 Å². The van der Waals surface area contributed by atoms with Crippen LogP contribution >= 0.6 is 0 Å². The number of benzene rings is 2. The molecule has 0 radical (unpaired) electrons. The van der Waals surface area contributed by atoms with Crippen LogP contribution in [0.4, 0.5) is 11.4 Å². The van der Waals surface area contributed by atoms with Gasteiger partial charge in [-0.15, -0.1) is 0 Å². The van der Waals surface area contributed by atoms with Gasteiger partial charge in [0.05, 0.1) is 45.3 Å². The van der Waals surface area contributed by atoms with Gasteiger partial charge < -0.3 is 29.3 Å². The molecule has 3 aliphatic rings. The van der Waals surface area contributed by atoms with E-state index in [2.05, 4.69) is 31.0 Å².